The molecule has 0 bridgehead atoms. The number of benzene rings is 2. The van der Waals surface area contributed by atoms with E-state index in [9.17, 15) is 9.59 Å². The lowest BCUT2D eigenvalue weighted by molar-refractivity contribution is -0.126. The Kier molecular flexibility index (Phi) is 9.30. The van der Waals surface area contributed by atoms with E-state index in [1.165, 1.54) is 6.26 Å². The van der Waals surface area contributed by atoms with Crippen molar-refractivity contribution in [2.24, 2.45) is 0 Å². The topological polar surface area (TPSA) is 90.2 Å². The number of furan rings is 1. The zero-order valence-corrected chi connectivity index (χ0v) is 22.3. The molecular weight excluding hydrogens is 484 g/mol. The monoisotopic (exact) mass is 520 g/mol. The molecule has 1 aliphatic carbocycles. The highest BCUT2D eigenvalue weighted by Gasteiger charge is 2.34. The van der Waals surface area contributed by atoms with Crippen molar-refractivity contribution in [3.05, 3.63) is 77.7 Å². The Morgan fingerprint density at radius 3 is 2.39 bits per heavy atom. The molecule has 1 aromatic heterocycles. The van der Waals surface area contributed by atoms with Crippen molar-refractivity contribution >= 4 is 11.8 Å². The molecule has 1 atom stereocenters. The number of hydrogen-bond donors (Lipinski definition) is 1. The number of nitrogens with zero attached hydrogens (tertiary/aromatic N) is 1. The molecule has 1 fully saturated rings. The predicted octanol–water partition coefficient (Wildman–Crippen LogP) is 5.18. The summed E-state index contributed by atoms with van der Waals surface area (Å²) in [5, 5.41) is 3.20. The Bertz CT molecular complexity index is 1190. The molecule has 0 aliphatic heterocycles. The van der Waals surface area contributed by atoms with E-state index in [-0.39, 0.29) is 30.2 Å². The first-order valence-electron chi connectivity index (χ1n) is 13.1. The van der Waals surface area contributed by atoms with E-state index in [1.54, 1.807) is 31.3 Å². The Hall–Kier alpha value is -3.94. The molecule has 4 rings (SSSR count). The predicted molar refractivity (Wildman–Crippen MR) is 144 cm³/mol. The lowest BCUT2D eigenvalue weighted by Gasteiger charge is -2.32. The number of carbonyl (C=O) groups excluding carboxylic acids is 2. The third-order valence-corrected chi connectivity index (χ3v) is 6.85. The van der Waals surface area contributed by atoms with Crippen LogP contribution >= 0.6 is 0 Å². The molecule has 1 saturated carbocycles. The number of carbonyl (C=O) groups is 2. The van der Waals surface area contributed by atoms with Crippen molar-refractivity contribution in [2.75, 3.05) is 27.4 Å². The summed E-state index contributed by atoms with van der Waals surface area (Å²) in [5.74, 6) is 1.57. The second-order valence-electron chi connectivity index (χ2n) is 9.31. The van der Waals surface area contributed by atoms with Crippen LogP contribution in [-0.4, -0.2) is 50.1 Å². The molecule has 202 valence electrons. The number of hydrogen-bond acceptors (Lipinski definition) is 6. The summed E-state index contributed by atoms with van der Waals surface area (Å²) in [5.41, 5.74) is 1.65. The van der Waals surface area contributed by atoms with Gasteiger partial charge in [-0.1, -0.05) is 31.0 Å². The van der Waals surface area contributed by atoms with Crippen molar-refractivity contribution in [3.63, 3.8) is 0 Å². The smallest absolute Gasteiger partial charge is 0.290 e. The molecule has 0 spiro atoms. The SMILES string of the molecule is CCOc1ccc([C@H](C(=O)NC2CCCC2)N(CCc2ccc(OC)c(OC)c2)C(=O)c2ccco2)cc1. The van der Waals surface area contributed by atoms with Gasteiger partial charge in [-0.2, -0.15) is 0 Å². The summed E-state index contributed by atoms with van der Waals surface area (Å²) in [4.78, 5) is 29.2. The molecule has 1 heterocycles. The van der Waals surface area contributed by atoms with Gasteiger partial charge in [0.15, 0.2) is 17.3 Å². The Morgan fingerprint density at radius 1 is 1.03 bits per heavy atom. The van der Waals surface area contributed by atoms with Crippen LogP contribution in [0, 0.1) is 0 Å². The fourth-order valence-electron chi connectivity index (χ4n) is 4.91. The third kappa shape index (κ3) is 6.49. The molecule has 38 heavy (non-hydrogen) atoms. The van der Waals surface area contributed by atoms with E-state index in [1.807, 2.05) is 49.4 Å². The first kappa shape index (κ1) is 27.1. The molecular formula is C30H36N2O6. The zero-order chi connectivity index (χ0) is 26.9. The highest BCUT2D eigenvalue weighted by atomic mass is 16.5. The third-order valence-electron chi connectivity index (χ3n) is 6.85. The quantitative estimate of drug-likeness (QED) is 0.354. The normalized spacial score (nSPS) is 14.1. The molecule has 1 aliphatic rings. The average molecular weight is 521 g/mol. The molecule has 8 heteroatoms. The molecule has 0 unspecified atom stereocenters. The number of amides is 2. The lowest BCUT2D eigenvalue weighted by Crippen LogP contribution is -2.46. The van der Waals surface area contributed by atoms with Gasteiger partial charge in [0.05, 0.1) is 27.1 Å². The van der Waals surface area contributed by atoms with Gasteiger partial charge >= 0.3 is 0 Å². The highest BCUT2D eigenvalue weighted by Crippen LogP contribution is 2.30. The maximum Gasteiger partial charge on any atom is 0.290 e. The van der Waals surface area contributed by atoms with Gasteiger partial charge in [0, 0.05) is 12.6 Å². The Morgan fingerprint density at radius 2 is 1.76 bits per heavy atom. The first-order chi connectivity index (χ1) is 18.5. The second-order valence-corrected chi connectivity index (χ2v) is 9.31. The van der Waals surface area contributed by atoms with E-state index in [4.69, 9.17) is 18.6 Å². The van der Waals surface area contributed by atoms with Crippen LogP contribution in [0.5, 0.6) is 17.2 Å². The van der Waals surface area contributed by atoms with Crippen LogP contribution in [0.25, 0.3) is 0 Å². The summed E-state index contributed by atoms with van der Waals surface area (Å²) in [6.45, 7) is 2.74. The molecule has 0 saturated heterocycles. The van der Waals surface area contributed by atoms with Gasteiger partial charge in [0.25, 0.3) is 5.91 Å². The zero-order valence-electron chi connectivity index (χ0n) is 22.3. The number of nitrogens with one attached hydrogen (secondary N) is 1. The summed E-state index contributed by atoms with van der Waals surface area (Å²) in [6, 6.07) is 15.6. The number of ether oxygens (including phenoxy) is 3. The molecule has 0 radical (unpaired) electrons. The van der Waals surface area contributed by atoms with E-state index in [0.717, 1.165) is 31.2 Å². The van der Waals surface area contributed by atoms with Crippen molar-refractivity contribution in [2.45, 2.75) is 51.1 Å². The minimum atomic E-state index is -0.843. The van der Waals surface area contributed by atoms with Gasteiger partial charge in [0.1, 0.15) is 11.8 Å². The Balaban J connectivity index is 1.68. The van der Waals surface area contributed by atoms with Gasteiger partial charge in [-0.15, -0.1) is 0 Å². The summed E-state index contributed by atoms with van der Waals surface area (Å²) < 4.78 is 21.9. The first-order valence-corrected chi connectivity index (χ1v) is 13.1. The van der Waals surface area contributed by atoms with Gasteiger partial charge in [0.2, 0.25) is 5.91 Å². The van der Waals surface area contributed by atoms with Crippen molar-refractivity contribution in [3.8, 4) is 17.2 Å². The van der Waals surface area contributed by atoms with Crippen molar-refractivity contribution < 1.29 is 28.2 Å². The van der Waals surface area contributed by atoms with Gasteiger partial charge in [-0.3, -0.25) is 9.59 Å². The van der Waals surface area contributed by atoms with E-state index in [0.29, 0.717) is 35.8 Å². The van der Waals surface area contributed by atoms with Crippen LogP contribution in [0.2, 0.25) is 0 Å². The standard InChI is InChI=1S/C30H36N2O6/c1-4-37-24-14-12-22(13-15-24)28(29(33)31-23-8-5-6-9-23)32(30(34)26-10-7-19-38-26)18-17-21-11-16-25(35-2)27(20-21)36-3/h7,10-16,19-20,23,28H,4-6,8-9,17-18H2,1-3H3,(H,31,33)/t28-/m1/s1. The van der Waals surface area contributed by atoms with Crippen LogP contribution in [0.1, 0.15) is 60.3 Å². The van der Waals surface area contributed by atoms with E-state index in [2.05, 4.69) is 5.32 Å². The van der Waals surface area contributed by atoms with E-state index < -0.39 is 6.04 Å². The van der Waals surface area contributed by atoms with E-state index >= 15 is 0 Å². The number of rotatable bonds is 12. The summed E-state index contributed by atoms with van der Waals surface area (Å²) >= 11 is 0. The molecule has 2 aromatic carbocycles. The lowest BCUT2D eigenvalue weighted by atomic mass is 10.0. The molecule has 3 aromatic rings. The van der Waals surface area contributed by atoms with Crippen LogP contribution < -0.4 is 19.5 Å². The van der Waals surface area contributed by atoms with Crippen molar-refractivity contribution in [1.29, 1.82) is 0 Å². The van der Waals surface area contributed by atoms with Gasteiger partial charge in [-0.25, -0.2) is 0 Å². The maximum absolute atomic E-state index is 13.8. The fourth-order valence-corrected chi connectivity index (χ4v) is 4.91. The number of methoxy groups -OCH3 is 2. The molecule has 1 N–H and O–H groups in total. The highest BCUT2D eigenvalue weighted by molar-refractivity contribution is 5.96. The maximum atomic E-state index is 13.8. The largest absolute Gasteiger partial charge is 0.494 e. The van der Waals surface area contributed by atoms with Crippen molar-refractivity contribution in [1.82, 2.24) is 10.2 Å². The van der Waals surface area contributed by atoms with Gasteiger partial charge in [-0.05, 0) is 73.7 Å². The Labute approximate surface area is 223 Å². The molecule has 2 amide bonds. The molecule has 8 nitrogen and oxygen atoms in total. The fraction of sp³-hybridized carbons (Fsp3) is 0.400. The van der Waals surface area contributed by atoms with Crippen LogP contribution in [-0.2, 0) is 11.2 Å². The van der Waals surface area contributed by atoms with Crippen LogP contribution in [0.3, 0.4) is 0 Å². The summed E-state index contributed by atoms with van der Waals surface area (Å²) in [6.07, 6.45) is 6.03. The summed E-state index contributed by atoms with van der Waals surface area (Å²) in [7, 11) is 3.18. The van der Waals surface area contributed by atoms with Crippen LogP contribution in [0.15, 0.2) is 65.3 Å². The minimum Gasteiger partial charge on any atom is -0.494 e. The second kappa shape index (κ2) is 13.0. The van der Waals surface area contributed by atoms with Crippen LogP contribution in [0.4, 0.5) is 0 Å². The average Bonchev–Trinajstić information content (AvgIpc) is 3.66. The minimum absolute atomic E-state index is 0.110. The van der Waals surface area contributed by atoms with Gasteiger partial charge < -0.3 is 28.8 Å².